The van der Waals surface area contributed by atoms with Gasteiger partial charge in [-0.2, -0.15) is 0 Å². The van der Waals surface area contributed by atoms with E-state index in [1.54, 1.807) is 0 Å². The Morgan fingerprint density at radius 1 is 1.35 bits per heavy atom. The zero-order valence-electron chi connectivity index (χ0n) is 12.5. The molecular formula is C17H24N2O. The van der Waals surface area contributed by atoms with Gasteiger partial charge in [0.05, 0.1) is 0 Å². The van der Waals surface area contributed by atoms with Gasteiger partial charge < -0.3 is 10.6 Å². The number of nitrogens with one attached hydrogen (secondary N) is 2. The number of benzene rings is 1. The summed E-state index contributed by atoms with van der Waals surface area (Å²) in [6, 6.07) is 6.27. The van der Waals surface area contributed by atoms with Crippen molar-refractivity contribution in [1.29, 1.82) is 0 Å². The Balaban J connectivity index is 1.68. The predicted octanol–water partition coefficient (Wildman–Crippen LogP) is 2.71. The lowest BCUT2D eigenvalue weighted by Gasteiger charge is -2.48. The molecule has 2 fully saturated rings. The van der Waals surface area contributed by atoms with Gasteiger partial charge >= 0.3 is 0 Å². The fourth-order valence-electron chi connectivity index (χ4n) is 3.53. The molecule has 0 radical (unpaired) electrons. The highest BCUT2D eigenvalue weighted by molar-refractivity contribution is 5.96. The maximum Gasteiger partial charge on any atom is 0.251 e. The van der Waals surface area contributed by atoms with Crippen LogP contribution in [0.15, 0.2) is 18.2 Å². The summed E-state index contributed by atoms with van der Waals surface area (Å²) in [5.41, 5.74) is 3.43. The minimum atomic E-state index is 0.0903. The monoisotopic (exact) mass is 272 g/mol. The van der Waals surface area contributed by atoms with Gasteiger partial charge in [-0.1, -0.05) is 12.1 Å². The van der Waals surface area contributed by atoms with Crippen molar-refractivity contribution in [1.82, 2.24) is 10.6 Å². The van der Waals surface area contributed by atoms with Gasteiger partial charge in [-0.05, 0) is 69.7 Å². The summed E-state index contributed by atoms with van der Waals surface area (Å²) in [6.07, 6.45) is 5.98. The van der Waals surface area contributed by atoms with E-state index in [0.29, 0.717) is 11.6 Å². The molecule has 3 heteroatoms. The molecule has 1 aromatic carbocycles. The lowest BCUT2D eigenvalue weighted by molar-refractivity contribution is 0.0852. The van der Waals surface area contributed by atoms with E-state index in [4.69, 9.17) is 0 Å². The Hall–Kier alpha value is -1.35. The normalized spacial score (nSPS) is 24.2. The summed E-state index contributed by atoms with van der Waals surface area (Å²) in [4.78, 5) is 12.5. The molecule has 0 bridgehead atoms. The third-order valence-electron chi connectivity index (χ3n) is 5.13. The Morgan fingerprint density at radius 2 is 2.15 bits per heavy atom. The van der Waals surface area contributed by atoms with Crippen molar-refractivity contribution in [2.24, 2.45) is 0 Å². The molecule has 0 aromatic heterocycles. The molecule has 1 amide bonds. The molecule has 1 saturated heterocycles. The molecule has 2 aliphatic rings. The van der Waals surface area contributed by atoms with Crippen LogP contribution in [0.1, 0.15) is 53.6 Å². The SMILES string of the molecule is Cc1cccc(C(=O)NC2CCNC3(CCC3)C2)c1C. The summed E-state index contributed by atoms with van der Waals surface area (Å²) in [7, 11) is 0. The van der Waals surface area contributed by atoms with Crippen LogP contribution in [0.4, 0.5) is 0 Å². The number of hydrogen-bond acceptors (Lipinski definition) is 2. The second kappa shape index (κ2) is 5.21. The zero-order chi connectivity index (χ0) is 14.2. The quantitative estimate of drug-likeness (QED) is 0.869. The fraction of sp³-hybridized carbons (Fsp3) is 0.588. The van der Waals surface area contributed by atoms with E-state index in [1.807, 2.05) is 19.1 Å². The topological polar surface area (TPSA) is 41.1 Å². The average molecular weight is 272 g/mol. The number of piperidine rings is 1. The minimum Gasteiger partial charge on any atom is -0.349 e. The maximum atomic E-state index is 12.5. The number of aryl methyl sites for hydroxylation is 1. The van der Waals surface area contributed by atoms with E-state index in [-0.39, 0.29) is 5.91 Å². The third kappa shape index (κ3) is 2.47. The molecule has 108 valence electrons. The highest BCUT2D eigenvalue weighted by Crippen LogP contribution is 2.38. The van der Waals surface area contributed by atoms with Crippen LogP contribution in [0.5, 0.6) is 0 Å². The van der Waals surface area contributed by atoms with Crippen LogP contribution in [0.3, 0.4) is 0 Å². The molecular weight excluding hydrogens is 248 g/mol. The molecule has 1 spiro atoms. The first-order valence-electron chi connectivity index (χ1n) is 7.72. The summed E-state index contributed by atoms with van der Waals surface area (Å²) < 4.78 is 0. The summed E-state index contributed by atoms with van der Waals surface area (Å²) in [5, 5.41) is 6.89. The number of amides is 1. The van der Waals surface area contributed by atoms with Gasteiger partial charge in [0.2, 0.25) is 0 Å². The molecule has 3 rings (SSSR count). The third-order valence-corrected chi connectivity index (χ3v) is 5.13. The van der Waals surface area contributed by atoms with Gasteiger partial charge in [0, 0.05) is 17.1 Å². The second-order valence-corrected chi connectivity index (χ2v) is 6.47. The van der Waals surface area contributed by atoms with Gasteiger partial charge in [-0.15, -0.1) is 0 Å². The van der Waals surface area contributed by atoms with E-state index in [1.165, 1.54) is 24.8 Å². The molecule has 1 saturated carbocycles. The summed E-state index contributed by atoms with van der Waals surface area (Å²) >= 11 is 0. The van der Waals surface area contributed by atoms with Crippen LogP contribution >= 0.6 is 0 Å². The Bertz CT molecular complexity index is 520. The fourth-order valence-corrected chi connectivity index (χ4v) is 3.53. The van der Waals surface area contributed by atoms with Crippen LogP contribution in [0.2, 0.25) is 0 Å². The Kier molecular flexibility index (Phi) is 3.55. The van der Waals surface area contributed by atoms with Crippen LogP contribution in [-0.4, -0.2) is 24.0 Å². The highest BCUT2D eigenvalue weighted by Gasteiger charge is 2.41. The zero-order valence-corrected chi connectivity index (χ0v) is 12.5. The lowest BCUT2D eigenvalue weighted by Crippen LogP contribution is -2.59. The summed E-state index contributed by atoms with van der Waals surface area (Å²) in [6.45, 7) is 5.11. The maximum absolute atomic E-state index is 12.5. The van der Waals surface area contributed by atoms with Crippen molar-refractivity contribution in [3.8, 4) is 0 Å². The number of carbonyl (C=O) groups is 1. The van der Waals surface area contributed by atoms with Crippen molar-refractivity contribution < 1.29 is 4.79 Å². The molecule has 1 unspecified atom stereocenters. The Morgan fingerprint density at radius 3 is 2.85 bits per heavy atom. The van der Waals surface area contributed by atoms with Gasteiger partial charge in [-0.3, -0.25) is 4.79 Å². The molecule has 1 aliphatic carbocycles. The first-order chi connectivity index (χ1) is 9.60. The van der Waals surface area contributed by atoms with E-state index in [2.05, 4.69) is 23.6 Å². The molecule has 3 nitrogen and oxygen atoms in total. The van der Waals surface area contributed by atoms with E-state index >= 15 is 0 Å². The Labute approximate surface area is 121 Å². The number of hydrogen-bond donors (Lipinski definition) is 2. The van der Waals surface area contributed by atoms with Crippen molar-refractivity contribution in [3.05, 3.63) is 34.9 Å². The first-order valence-corrected chi connectivity index (χ1v) is 7.72. The molecule has 2 N–H and O–H groups in total. The standard InChI is InChI=1S/C17H24N2O/c1-12-5-3-6-15(13(12)2)16(20)19-14-7-10-18-17(11-14)8-4-9-17/h3,5-6,14,18H,4,7-11H2,1-2H3,(H,19,20). The highest BCUT2D eigenvalue weighted by atomic mass is 16.1. The van der Waals surface area contributed by atoms with Crippen molar-refractivity contribution in [3.63, 3.8) is 0 Å². The van der Waals surface area contributed by atoms with Gasteiger partial charge in [0.15, 0.2) is 0 Å². The van der Waals surface area contributed by atoms with Gasteiger partial charge in [-0.25, -0.2) is 0 Å². The molecule has 1 heterocycles. The molecule has 1 aromatic rings. The largest absolute Gasteiger partial charge is 0.349 e. The summed E-state index contributed by atoms with van der Waals surface area (Å²) in [5.74, 6) is 0.0903. The van der Waals surface area contributed by atoms with Crippen LogP contribution in [-0.2, 0) is 0 Å². The van der Waals surface area contributed by atoms with Crippen LogP contribution < -0.4 is 10.6 Å². The average Bonchev–Trinajstić information content (AvgIpc) is 2.40. The van der Waals surface area contributed by atoms with Crippen LogP contribution in [0, 0.1) is 13.8 Å². The molecule has 20 heavy (non-hydrogen) atoms. The first kappa shape index (κ1) is 13.6. The van der Waals surface area contributed by atoms with Crippen LogP contribution in [0.25, 0.3) is 0 Å². The molecule has 1 atom stereocenters. The lowest BCUT2D eigenvalue weighted by atomic mass is 9.70. The van der Waals surface area contributed by atoms with Crippen molar-refractivity contribution in [2.75, 3.05) is 6.54 Å². The van der Waals surface area contributed by atoms with Crippen molar-refractivity contribution >= 4 is 5.91 Å². The van der Waals surface area contributed by atoms with E-state index in [9.17, 15) is 4.79 Å². The smallest absolute Gasteiger partial charge is 0.251 e. The van der Waals surface area contributed by atoms with Crippen molar-refractivity contribution in [2.45, 2.75) is 57.5 Å². The second-order valence-electron chi connectivity index (χ2n) is 6.47. The van der Waals surface area contributed by atoms with Gasteiger partial charge in [0.1, 0.15) is 0 Å². The minimum absolute atomic E-state index is 0.0903. The van der Waals surface area contributed by atoms with E-state index in [0.717, 1.165) is 30.5 Å². The van der Waals surface area contributed by atoms with E-state index < -0.39 is 0 Å². The molecule has 1 aliphatic heterocycles. The predicted molar refractivity (Wildman–Crippen MR) is 81.0 cm³/mol. The van der Waals surface area contributed by atoms with Gasteiger partial charge in [0.25, 0.3) is 5.91 Å². The number of carbonyl (C=O) groups excluding carboxylic acids is 1. The number of rotatable bonds is 2.